The van der Waals surface area contributed by atoms with Gasteiger partial charge in [0.15, 0.2) is 0 Å². The van der Waals surface area contributed by atoms with Crippen molar-refractivity contribution in [3.8, 4) is 0 Å². The van der Waals surface area contributed by atoms with Gasteiger partial charge in [0.05, 0.1) is 25.4 Å². The van der Waals surface area contributed by atoms with Gasteiger partial charge in [-0.05, 0) is 97.7 Å². The Morgan fingerprint density at radius 3 is 2.52 bits per heavy atom. The van der Waals surface area contributed by atoms with Gasteiger partial charge in [-0.2, -0.15) is 4.89 Å². The van der Waals surface area contributed by atoms with E-state index in [1.54, 1.807) is 0 Å². The Morgan fingerprint density at radius 1 is 1.06 bits per heavy atom. The van der Waals surface area contributed by atoms with Gasteiger partial charge in [0.2, 0.25) is 0 Å². The van der Waals surface area contributed by atoms with E-state index < -0.39 is 6.10 Å². The molecular weight excluding hydrogens is 396 g/mol. The smallest absolute Gasteiger partial charge is 0.342 e. The highest BCUT2D eigenvalue weighted by molar-refractivity contribution is 5.68. The van der Waals surface area contributed by atoms with Gasteiger partial charge < -0.3 is 15.3 Å². The third-order valence-electron chi connectivity index (χ3n) is 10.5. The summed E-state index contributed by atoms with van der Waals surface area (Å²) in [5.41, 5.74) is -0.136. The molecule has 0 aromatic heterocycles. The maximum absolute atomic E-state index is 11.8. The molecule has 178 valence electrons. The third-order valence-corrected chi connectivity index (χ3v) is 10.5. The number of hydrogen-bond acceptors (Lipinski definition) is 6. The monoisotopic (exact) mass is 438 g/mol. The van der Waals surface area contributed by atoms with E-state index in [9.17, 15) is 20.1 Å². The van der Waals surface area contributed by atoms with E-state index in [2.05, 4.69) is 30.5 Å². The van der Waals surface area contributed by atoms with Crippen molar-refractivity contribution >= 4 is 5.97 Å². The molecule has 3 N–H and O–H groups in total. The molecule has 4 aliphatic rings. The summed E-state index contributed by atoms with van der Waals surface area (Å²) in [7, 11) is 1.34. The summed E-state index contributed by atoms with van der Waals surface area (Å²) in [5.74, 6) is 1.45. The van der Waals surface area contributed by atoms with Crippen molar-refractivity contribution in [3.05, 3.63) is 0 Å². The van der Waals surface area contributed by atoms with Crippen molar-refractivity contribution in [2.45, 2.75) is 96.9 Å². The van der Waals surface area contributed by atoms with E-state index in [-0.39, 0.29) is 34.9 Å². The highest BCUT2D eigenvalue weighted by atomic mass is 17.2. The van der Waals surface area contributed by atoms with E-state index in [1.165, 1.54) is 7.11 Å². The fraction of sp³-hybridized carbons (Fsp3) is 0.960. The van der Waals surface area contributed by atoms with Crippen LogP contribution in [0, 0.1) is 46.3 Å². The van der Waals surface area contributed by atoms with E-state index >= 15 is 0 Å². The van der Waals surface area contributed by atoms with Crippen molar-refractivity contribution in [2.24, 2.45) is 46.3 Å². The van der Waals surface area contributed by atoms with E-state index in [0.29, 0.717) is 36.0 Å². The average molecular weight is 439 g/mol. The molecule has 0 spiro atoms. The highest BCUT2D eigenvalue weighted by Gasteiger charge is 2.65. The van der Waals surface area contributed by atoms with Crippen molar-refractivity contribution < 1.29 is 29.9 Å². The molecule has 4 aliphatic carbocycles. The number of aliphatic hydroxyl groups is 3. The summed E-state index contributed by atoms with van der Waals surface area (Å²) < 4.78 is 0. The minimum absolute atomic E-state index is 0.0963. The molecule has 4 rings (SSSR count). The molecule has 0 aromatic rings. The molecule has 0 amide bonds. The molecule has 6 heteroatoms. The summed E-state index contributed by atoms with van der Waals surface area (Å²) in [4.78, 5) is 20.9. The lowest BCUT2D eigenvalue weighted by molar-refractivity contribution is -0.255. The van der Waals surface area contributed by atoms with Crippen LogP contribution in [0.5, 0.6) is 0 Å². The Hall–Kier alpha value is -0.690. The fourth-order valence-electron chi connectivity index (χ4n) is 8.81. The fourth-order valence-corrected chi connectivity index (χ4v) is 8.81. The van der Waals surface area contributed by atoms with Crippen LogP contribution in [0.1, 0.15) is 78.6 Å². The first-order chi connectivity index (χ1) is 14.6. The van der Waals surface area contributed by atoms with Gasteiger partial charge in [0.25, 0.3) is 0 Å². The van der Waals surface area contributed by atoms with Gasteiger partial charge in [-0.3, -0.25) is 4.89 Å². The predicted octanol–water partition coefficient (Wildman–Crippen LogP) is 3.47. The molecule has 0 bridgehead atoms. The van der Waals surface area contributed by atoms with Gasteiger partial charge in [-0.1, -0.05) is 20.8 Å². The van der Waals surface area contributed by atoms with Crippen LogP contribution in [0.4, 0.5) is 0 Å². The zero-order chi connectivity index (χ0) is 22.6. The first-order valence-electron chi connectivity index (χ1n) is 12.4. The zero-order valence-corrected chi connectivity index (χ0v) is 19.6. The summed E-state index contributed by atoms with van der Waals surface area (Å²) >= 11 is 0. The van der Waals surface area contributed by atoms with Crippen LogP contribution in [-0.2, 0) is 14.6 Å². The van der Waals surface area contributed by atoms with Crippen molar-refractivity contribution in [2.75, 3.05) is 7.11 Å². The van der Waals surface area contributed by atoms with Crippen LogP contribution < -0.4 is 0 Å². The number of fused-ring (bicyclic) bond motifs is 5. The lowest BCUT2D eigenvalue weighted by atomic mass is 9.43. The van der Waals surface area contributed by atoms with Crippen molar-refractivity contribution in [1.29, 1.82) is 0 Å². The van der Waals surface area contributed by atoms with Gasteiger partial charge >= 0.3 is 5.97 Å². The molecule has 6 nitrogen and oxygen atoms in total. The summed E-state index contributed by atoms with van der Waals surface area (Å²) in [6.07, 6.45) is 6.24. The van der Waals surface area contributed by atoms with Crippen molar-refractivity contribution in [3.63, 3.8) is 0 Å². The Morgan fingerprint density at radius 2 is 1.81 bits per heavy atom. The van der Waals surface area contributed by atoms with Crippen LogP contribution in [-0.4, -0.2) is 46.7 Å². The lowest BCUT2D eigenvalue weighted by Gasteiger charge is -2.63. The lowest BCUT2D eigenvalue weighted by Crippen LogP contribution is -2.62. The minimum atomic E-state index is -0.394. The second-order valence-corrected chi connectivity index (χ2v) is 11.7. The SMILES string of the molecule is COOC(=O)CC[C@@H](C)[C@H]1CC[C@H]2[C@@H]3[C@H](O)C[C@@H]4C[C@H](O)CC[C@]4(C)[C@H]3C[C@H](O)[C@]12C. The number of carbonyl (C=O) groups excluding carboxylic acids is 1. The largest absolute Gasteiger partial charge is 0.393 e. The molecule has 31 heavy (non-hydrogen) atoms. The third kappa shape index (κ3) is 3.75. The number of rotatable bonds is 5. The Labute approximate surface area is 186 Å². The van der Waals surface area contributed by atoms with E-state index in [0.717, 1.165) is 51.4 Å². The molecule has 4 saturated carbocycles. The molecule has 4 fully saturated rings. The van der Waals surface area contributed by atoms with Gasteiger partial charge in [0.1, 0.15) is 0 Å². The standard InChI is InChI=1S/C25H42O6/c1-14(5-8-22(29)31-30-4)17-6-7-18-23-19(13-21(28)25(17,18)3)24(2)10-9-16(26)11-15(24)12-20(23)27/h14-21,23,26-28H,5-13H2,1-4H3/t14-,15+,16-,17-,18+,19+,20-,21+,23+,24+,25-/m1/s1. The van der Waals surface area contributed by atoms with Gasteiger partial charge in [-0.15, -0.1) is 0 Å². The predicted molar refractivity (Wildman–Crippen MR) is 116 cm³/mol. The van der Waals surface area contributed by atoms with E-state index in [4.69, 9.17) is 0 Å². The highest BCUT2D eigenvalue weighted by Crippen LogP contribution is 2.68. The van der Waals surface area contributed by atoms with Crippen LogP contribution in [0.15, 0.2) is 0 Å². The first-order valence-corrected chi connectivity index (χ1v) is 12.4. The first kappa shape index (κ1) is 23.5. The summed E-state index contributed by atoms with van der Waals surface area (Å²) in [5, 5.41) is 33.1. The maximum atomic E-state index is 11.8. The number of carbonyl (C=O) groups is 1. The molecule has 0 unspecified atom stereocenters. The average Bonchev–Trinajstić information content (AvgIpc) is 3.07. The number of hydrogen-bond donors (Lipinski definition) is 3. The minimum Gasteiger partial charge on any atom is -0.393 e. The van der Waals surface area contributed by atoms with Gasteiger partial charge in [-0.25, -0.2) is 4.79 Å². The second-order valence-electron chi connectivity index (χ2n) is 11.7. The quantitative estimate of drug-likeness (QED) is 0.449. The normalized spacial score (nSPS) is 50.2. The Bertz CT molecular complexity index is 668. The van der Waals surface area contributed by atoms with Crippen LogP contribution >= 0.6 is 0 Å². The topological polar surface area (TPSA) is 96.2 Å². The summed E-state index contributed by atoms with van der Waals surface area (Å²) in [6.45, 7) is 6.79. The van der Waals surface area contributed by atoms with Gasteiger partial charge in [0, 0.05) is 6.42 Å². The van der Waals surface area contributed by atoms with Crippen LogP contribution in [0.2, 0.25) is 0 Å². The molecule has 0 radical (unpaired) electrons. The molecule has 11 atom stereocenters. The Kier molecular flexibility index (Phi) is 6.50. The zero-order valence-electron chi connectivity index (χ0n) is 19.6. The molecule has 0 saturated heterocycles. The van der Waals surface area contributed by atoms with Crippen molar-refractivity contribution in [1.82, 2.24) is 0 Å². The summed E-state index contributed by atoms with van der Waals surface area (Å²) in [6, 6.07) is 0. The van der Waals surface area contributed by atoms with Crippen LogP contribution in [0.25, 0.3) is 0 Å². The molecule has 0 aliphatic heterocycles. The Balaban J connectivity index is 1.54. The molecular formula is C25H42O6. The molecule has 0 aromatic carbocycles. The van der Waals surface area contributed by atoms with Crippen LogP contribution in [0.3, 0.4) is 0 Å². The molecule has 0 heterocycles. The number of aliphatic hydroxyl groups excluding tert-OH is 3. The van der Waals surface area contributed by atoms with E-state index in [1.807, 2.05) is 0 Å². The second kappa shape index (κ2) is 8.58. The maximum Gasteiger partial charge on any atom is 0.342 e.